The SMILES string of the molecule is CC(C)C[C@@H](Nc1ccc(C(=O)NC=CC(=O)O)cc1)C(=O)Nc1ccc(-c2cc3ccccc3o2)cc1. The van der Waals surface area contributed by atoms with Crippen LogP contribution in [0, 0.1) is 5.92 Å². The van der Waals surface area contributed by atoms with Gasteiger partial charge in [0.1, 0.15) is 17.4 Å². The molecule has 0 aliphatic rings. The molecule has 1 atom stereocenters. The van der Waals surface area contributed by atoms with Crippen LogP contribution in [0.5, 0.6) is 0 Å². The highest BCUT2D eigenvalue weighted by atomic mass is 16.4. The molecule has 0 bridgehead atoms. The van der Waals surface area contributed by atoms with Crippen molar-refractivity contribution in [1.29, 1.82) is 0 Å². The second kappa shape index (κ2) is 11.9. The Morgan fingerprint density at radius 1 is 0.921 bits per heavy atom. The highest BCUT2D eigenvalue weighted by Gasteiger charge is 2.20. The van der Waals surface area contributed by atoms with E-state index in [1.54, 1.807) is 24.3 Å². The maximum absolute atomic E-state index is 13.2. The van der Waals surface area contributed by atoms with Gasteiger partial charge in [0.25, 0.3) is 5.91 Å². The van der Waals surface area contributed by atoms with Crippen LogP contribution in [0.15, 0.2) is 95.6 Å². The number of carboxylic acid groups (broad SMARTS) is 1. The summed E-state index contributed by atoms with van der Waals surface area (Å²) < 4.78 is 5.93. The predicted octanol–water partition coefficient (Wildman–Crippen LogP) is 5.89. The van der Waals surface area contributed by atoms with E-state index in [4.69, 9.17) is 9.52 Å². The molecule has 1 heterocycles. The Balaban J connectivity index is 1.40. The van der Waals surface area contributed by atoms with Gasteiger partial charge in [-0.05, 0) is 73.0 Å². The molecule has 0 fully saturated rings. The highest BCUT2D eigenvalue weighted by Crippen LogP contribution is 2.28. The first-order valence-electron chi connectivity index (χ1n) is 12.3. The Kier molecular flexibility index (Phi) is 8.23. The fraction of sp³-hybridized carbons (Fsp3) is 0.167. The van der Waals surface area contributed by atoms with Crippen LogP contribution < -0.4 is 16.0 Å². The second-order valence-electron chi connectivity index (χ2n) is 9.26. The van der Waals surface area contributed by atoms with Gasteiger partial charge in [0, 0.05) is 40.2 Å². The summed E-state index contributed by atoms with van der Waals surface area (Å²) in [6, 6.07) is 23.5. The van der Waals surface area contributed by atoms with Crippen LogP contribution in [0.4, 0.5) is 11.4 Å². The molecule has 2 amide bonds. The Morgan fingerprint density at radius 3 is 2.26 bits per heavy atom. The van der Waals surface area contributed by atoms with Gasteiger partial charge in [0.05, 0.1) is 0 Å². The monoisotopic (exact) mass is 511 g/mol. The number of carbonyl (C=O) groups is 3. The molecule has 0 aliphatic heterocycles. The summed E-state index contributed by atoms with van der Waals surface area (Å²) in [5, 5.41) is 18.3. The Morgan fingerprint density at radius 2 is 1.61 bits per heavy atom. The zero-order valence-corrected chi connectivity index (χ0v) is 21.1. The minimum atomic E-state index is -1.15. The van der Waals surface area contributed by atoms with Gasteiger partial charge in [-0.2, -0.15) is 0 Å². The zero-order chi connectivity index (χ0) is 27.1. The van der Waals surface area contributed by atoms with Crippen molar-refractivity contribution < 1.29 is 23.9 Å². The minimum Gasteiger partial charge on any atom is -0.478 e. The van der Waals surface area contributed by atoms with Gasteiger partial charge in [0.2, 0.25) is 5.91 Å². The standard InChI is InChI=1S/C30H29N3O5/c1-19(2)17-25(32-23-13-9-21(10-14-23)29(36)31-16-15-28(34)35)30(37)33-24-11-7-20(8-12-24)27-18-22-5-3-4-6-26(22)38-27/h3-16,18-19,25,32H,17H2,1-2H3,(H,31,36)(H,33,37)(H,34,35)/t25-/m1/s1. The fourth-order valence-corrected chi connectivity index (χ4v) is 3.97. The number of amides is 2. The largest absolute Gasteiger partial charge is 0.478 e. The molecule has 4 aromatic rings. The lowest BCUT2D eigenvalue weighted by atomic mass is 10.0. The Bertz CT molecular complexity index is 1420. The summed E-state index contributed by atoms with van der Waals surface area (Å²) in [5.74, 6) is -0.729. The number of benzene rings is 3. The van der Waals surface area contributed by atoms with Crippen molar-refractivity contribution in [2.24, 2.45) is 5.92 Å². The van der Waals surface area contributed by atoms with E-state index in [0.29, 0.717) is 23.4 Å². The third-order valence-electron chi connectivity index (χ3n) is 5.81. The molecule has 8 heteroatoms. The molecule has 1 aromatic heterocycles. The van der Waals surface area contributed by atoms with E-state index in [9.17, 15) is 14.4 Å². The molecule has 4 rings (SSSR count). The normalized spacial score (nSPS) is 12.0. The summed E-state index contributed by atoms with van der Waals surface area (Å²) in [4.78, 5) is 35.8. The number of furan rings is 1. The first-order chi connectivity index (χ1) is 18.3. The molecule has 0 saturated heterocycles. The molecule has 0 radical (unpaired) electrons. The Hall–Kier alpha value is -4.85. The minimum absolute atomic E-state index is 0.171. The van der Waals surface area contributed by atoms with E-state index in [2.05, 4.69) is 16.0 Å². The number of fused-ring (bicyclic) bond motifs is 1. The van der Waals surface area contributed by atoms with Gasteiger partial charge in [-0.1, -0.05) is 32.0 Å². The number of aliphatic carboxylic acids is 1. The number of nitrogens with one attached hydrogen (secondary N) is 3. The molecule has 0 saturated carbocycles. The van der Waals surface area contributed by atoms with E-state index >= 15 is 0 Å². The molecule has 38 heavy (non-hydrogen) atoms. The number of para-hydroxylation sites is 1. The summed E-state index contributed by atoms with van der Waals surface area (Å²) in [5.41, 5.74) is 3.46. The quantitative estimate of drug-likeness (QED) is 0.197. The fourth-order valence-electron chi connectivity index (χ4n) is 3.97. The van der Waals surface area contributed by atoms with Crippen molar-refractivity contribution in [1.82, 2.24) is 5.32 Å². The first kappa shape index (κ1) is 26.2. The topological polar surface area (TPSA) is 121 Å². The smallest absolute Gasteiger partial charge is 0.329 e. The number of hydrogen-bond donors (Lipinski definition) is 4. The van der Waals surface area contributed by atoms with Gasteiger partial charge >= 0.3 is 5.97 Å². The van der Waals surface area contributed by atoms with Crippen LogP contribution in [0.1, 0.15) is 30.6 Å². The third-order valence-corrected chi connectivity index (χ3v) is 5.81. The van der Waals surface area contributed by atoms with Crippen LogP contribution in [0.3, 0.4) is 0 Å². The van der Waals surface area contributed by atoms with E-state index in [0.717, 1.165) is 34.6 Å². The van der Waals surface area contributed by atoms with Gasteiger partial charge in [-0.3, -0.25) is 9.59 Å². The van der Waals surface area contributed by atoms with Crippen molar-refractivity contribution in [3.63, 3.8) is 0 Å². The summed E-state index contributed by atoms with van der Waals surface area (Å²) >= 11 is 0. The molecular formula is C30H29N3O5. The van der Waals surface area contributed by atoms with E-state index in [1.165, 1.54) is 0 Å². The molecule has 4 N–H and O–H groups in total. The molecule has 3 aromatic carbocycles. The number of carbonyl (C=O) groups excluding carboxylic acids is 2. The predicted molar refractivity (Wildman–Crippen MR) is 148 cm³/mol. The van der Waals surface area contributed by atoms with Crippen molar-refractivity contribution in [3.05, 3.63) is 96.7 Å². The van der Waals surface area contributed by atoms with Crippen LogP contribution in [0.2, 0.25) is 0 Å². The van der Waals surface area contributed by atoms with E-state index in [1.807, 2.05) is 68.4 Å². The van der Waals surface area contributed by atoms with Crippen LogP contribution in [-0.2, 0) is 9.59 Å². The number of rotatable bonds is 10. The van der Waals surface area contributed by atoms with Crippen molar-refractivity contribution in [2.45, 2.75) is 26.3 Å². The third kappa shape index (κ3) is 6.88. The van der Waals surface area contributed by atoms with Crippen LogP contribution in [-0.4, -0.2) is 28.9 Å². The van der Waals surface area contributed by atoms with Gasteiger partial charge in [-0.25, -0.2) is 4.79 Å². The first-order valence-corrected chi connectivity index (χ1v) is 12.3. The van der Waals surface area contributed by atoms with Crippen molar-refractivity contribution in [2.75, 3.05) is 10.6 Å². The highest BCUT2D eigenvalue weighted by molar-refractivity contribution is 5.97. The van der Waals surface area contributed by atoms with Crippen LogP contribution in [0.25, 0.3) is 22.3 Å². The van der Waals surface area contributed by atoms with Gasteiger partial charge < -0.3 is 25.5 Å². The molecule has 8 nitrogen and oxygen atoms in total. The molecular weight excluding hydrogens is 482 g/mol. The summed E-state index contributed by atoms with van der Waals surface area (Å²) in [7, 11) is 0. The number of anilines is 2. The molecule has 0 unspecified atom stereocenters. The number of carboxylic acids is 1. The van der Waals surface area contributed by atoms with Gasteiger partial charge in [-0.15, -0.1) is 0 Å². The van der Waals surface area contributed by atoms with E-state index < -0.39 is 17.9 Å². The lowest BCUT2D eigenvalue weighted by Gasteiger charge is -2.21. The van der Waals surface area contributed by atoms with Crippen LogP contribution >= 0.6 is 0 Å². The zero-order valence-electron chi connectivity index (χ0n) is 21.1. The Labute approximate surface area is 220 Å². The average Bonchev–Trinajstić information content (AvgIpc) is 3.33. The molecule has 0 aliphatic carbocycles. The number of hydrogen-bond acceptors (Lipinski definition) is 5. The van der Waals surface area contributed by atoms with E-state index in [-0.39, 0.29) is 11.8 Å². The summed E-state index contributed by atoms with van der Waals surface area (Å²) in [6.45, 7) is 4.09. The molecule has 0 spiro atoms. The summed E-state index contributed by atoms with van der Waals surface area (Å²) in [6.07, 6.45) is 2.52. The molecule has 194 valence electrons. The lowest BCUT2D eigenvalue weighted by molar-refractivity contribution is -0.131. The van der Waals surface area contributed by atoms with Crippen molar-refractivity contribution >= 4 is 40.1 Å². The van der Waals surface area contributed by atoms with Crippen molar-refractivity contribution in [3.8, 4) is 11.3 Å². The maximum Gasteiger partial charge on any atom is 0.329 e. The average molecular weight is 512 g/mol. The van der Waals surface area contributed by atoms with Gasteiger partial charge in [0.15, 0.2) is 0 Å². The second-order valence-corrected chi connectivity index (χ2v) is 9.26. The lowest BCUT2D eigenvalue weighted by Crippen LogP contribution is -2.35. The maximum atomic E-state index is 13.2.